The highest BCUT2D eigenvalue weighted by atomic mass is 32.1. The van der Waals surface area contributed by atoms with Crippen molar-refractivity contribution in [2.75, 3.05) is 0 Å². The Labute approximate surface area is 104 Å². The number of hydrogen-bond acceptors (Lipinski definition) is 1. The van der Waals surface area contributed by atoms with Crippen molar-refractivity contribution in [2.45, 2.75) is 47.6 Å². The average molecular weight is 240 g/mol. The molecule has 3 heteroatoms. The van der Waals surface area contributed by atoms with Crippen molar-refractivity contribution in [1.29, 1.82) is 0 Å². The summed E-state index contributed by atoms with van der Waals surface area (Å²) < 4.78 is 3.13. The summed E-state index contributed by atoms with van der Waals surface area (Å²) in [6.07, 6.45) is 3.08. The number of nitrogens with one attached hydrogen (secondary N) is 1. The molecular formula is C13H24N2S. The van der Waals surface area contributed by atoms with Gasteiger partial charge in [0, 0.05) is 18.4 Å². The van der Waals surface area contributed by atoms with Gasteiger partial charge in [-0.1, -0.05) is 34.6 Å². The maximum atomic E-state index is 5.34. The quantitative estimate of drug-likeness (QED) is 0.770. The zero-order chi connectivity index (χ0) is 12.3. The topological polar surface area (TPSA) is 20.7 Å². The lowest BCUT2D eigenvalue weighted by Gasteiger charge is -2.26. The van der Waals surface area contributed by atoms with Gasteiger partial charge in [-0.2, -0.15) is 0 Å². The molecule has 0 bridgehead atoms. The molecular weight excluding hydrogens is 216 g/mol. The van der Waals surface area contributed by atoms with Gasteiger partial charge in [0.25, 0.3) is 0 Å². The summed E-state index contributed by atoms with van der Waals surface area (Å²) in [4.78, 5) is 3.15. The first-order valence-electron chi connectivity index (χ1n) is 6.24. The Kier molecular flexibility index (Phi) is 4.78. The van der Waals surface area contributed by atoms with Crippen LogP contribution in [0.5, 0.6) is 0 Å². The van der Waals surface area contributed by atoms with Crippen LogP contribution in [0.15, 0.2) is 6.20 Å². The zero-order valence-corrected chi connectivity index (χ0v) is 11.9. The van der Waals surface area contributed by atoms with Crippen LogP contribution in [-0.2, 0) is 13.0 Å². The van der Waals surface area contributed by atoms with Crippen LogP contribution in [0.4, 0.5) is 0 Å². The fourth-order valence-corrected chi connectivity index (χ4v) is 2.58. The van der Waals surface area contributed by atoms with E-state index in [1.165, 1.54) is 5.69 Å². The van der Waals surface area contributed by atoms with E-state index in [0.29, 0.717) is 17.8 Å². The van der Waals surface area contributed by atoms with Crippen LogP contribution < -0.4 is 0 Å². The molecule has 0 radical (unpaired) electrons. The molecule has 1 aromatic heterocycles. The summed E-state index contributed by atoms with van der Waals surface area (Å²) in [5.41, 5.74) is 1.32. The molecule has 1 aromatic rings. The van der Waals surface area contributed by atoms with Crippen molar-refractivity contribution >= 4 is 12.2 Å². The van der Waals surface area contributed by atoms with Gasteiger partial charge >= 0.3 is 0 Å². The minimum absolute atomic E-state index is 0.688. The monoisotopic (exact) mass is 240 g/mol. The first-order valence-corrected chi connectivity index (χ1v) is 6.65. The summed E-state index contributed by atoms with van der Waals surface area (Å²) in [5.74, 6) is 2.08. The van der Waals surface area contributed by atoms with Crippen LogP contribution in [0.1, 0.15) is 40.3 Å². The molecule has 0 aromatic carbocycles. The third kappa shape index (κ3) is 2.97. The molecule has 1 heterocycles. The van der Waals surface area contributed by atoms with Crippen molar-refractivity contribution in [3.8, 4) is 0 Å². The van der Waals surface area contributed by atoms with E-state index in [0.717, 1.165) is 17.7 Å². The third-order valence-corrected chi connectivity index (χ3v) is 3.76. The van der Waals surface area contributed by atoms with Gasteiger partial charge in [-0.25, -0.2) is 0 Å². The molecule has 0 aliphatic carbocycles. The van der Waals surface area contributed by atoms with Crippen molar-refractivity contribution in [3.05, 3.63) is 16.7 Å². The molecule has 0 fully saturated rings. The molecule has 0 saturated heterocycles. The second-order valence-electron chi connectivity index (χ2n) is 5.20. The number of imidazole rings is 1. The lowest BCUT2D eigenvalue weighted by molar-refractivity contribution is 0.249. The third-order valence-electron chi connectivity index (χ3n) is 3.42. The first kappa shape index (κ1) is 13.5. The predicted octanol–water partition coefficient (Wildman–Crippen LogP) is 4.04. The lowest BCUT2D eigenvalue weighted by Crippen LogP contribution is -2.22. The molecule has 1 N–H and O–H groups in total. The highest BCUT2D eigenvalue weighted by molar-refractivity contribution is 7.71. The van der Waals surface area contributed by atoms with E-state index >= 15 is 0 Å². The molecule has 2 nitrogen and oxygen atoms in total. The Morgan fingerprint density at radius 2 is 1.81 bits per heavy atom. The fourth-order valence-electron chi connectivity index (χ4n) is 2.33. The summed E-state index contributed by atoms with van der Waals surface area (Å²) in [5, 5.41) is 0. The van der Waals surface area contributed by atoms with Gasteiger partial charge in [0.1, 0.15) is 0 Å². The molecule has 0 amide bonds. The van der Waals surface area contributed by atoms with E-state index in [1.54, 1.807) is 0 Å². The average Bonchev–Trinajstić information content (AvgIpc) is 2.54. The smallest absolute Gasteiger partial charge is 0.177 e. The molecule has 16 heavy (non-hydrogen) atoms. The molecule has 0 aliphatic rings. The Bertz CT molecular complexity index is 366. The number of hydrogen-bond donors (Lipinski definition) is 1. The van der Waals surface area contributed by atoms with Crippen LogP contribution in [0.25, 0.3) is 0 Å². The Balaban J connectivity index is 2.93. The predicted molar refractivity (Wildman–Crippen MR) is 72.2 cm³/mol. The largest absolute Gasteiger partial charge is 0.337 e. The van der Waals surface area contributed by atoms with Gasteiger partial charge in [-0.15, -0.1) is 0 Å². The van der Waals surface area contributed by atoms with Gasteiger partial charge in [0.05, 0.1) is 0 Å². The minimum atomic E-state index is 0.688. The summed E-state index contributed by atoms with van der Waals surface area (Å²) >= 11 is 5.34. The van der Waals surface area contributed by atoms with Crippen molar-refractivity contribution in [3.63, 3.8) is 0 Å². The number of aromatic amines is 1. The summed E-state index contributed by atoms with van der Waals surface area (Å²) in [6, 6.07) is 0. The minimum Gasteiger partial charge on any atom is -0.337 e. The van der Waals surface area contributed by atoms with Crippen LogP contribution in [0, 0.1) is 22.5 Å². The zero-order valence-electron chi connectivity index (χ0n) is 11.1. The molecule has 0 atom stereocenters. The van der Waals surface area contributed by atoms with Crippen molar-refractivity contribution in [2.24, 2.45) is 17.8 Å². The molecule has 0 unspecified atom stereocenters. The number of aromatic nitrogens is 2. The Morgan fingerprint density at radius 3 is 2.25 bits per heavy atom. The highest BCUT2D eigenvalue weighted by Gasteiger charge is 2.19. The standard InChI is InChI=1S/C13H24N2S/c1-6-11-7-14-13(16)15(11)8-12(9(2)3)10(4)5/h7,9-10,12H,6,8H2,1-5H3,(H,14,16). The number of nitrogens with zero attached hydrogens (tertiary/aromatic N) is 1. The van der Waals surface area contributed by atoms with Gasteiger partial charge in [-0.3, -0.25) is 0 Å². The summed E-state index contributed by atoms with van der Waals surface area (Å²) in [6.45, 7) is 12.4. The van der Waals surface area contributed by atoms with Gasteiger partial charge < -0.3 is 9.55 Å². The second-order valence-corrected chi connectivity index (χ2v) is 5.59. The van der Waals surface area contributed by atoms with Crippen LogP contribution in [0.2, 0.25) is 0 Å². The van der Waals surface area contributed by atoms with E-state index in [9.17, 15) is 0 Å². The molecule has 92 valence electrons. The number of rotatable bonds is 5. The van der Waals surface area contributed by atoms with Crippen molar-refractivity contribution < 1.29 is 0 Å². The Hall–Kier alpha value is -0.570. The SMILES string of the molecule is CCc1c[nH]c(=S)n1CC(C(C)C)C(C)C. The van der Waals surface area contributed by atoms with E-state index in [4.69, 9.17) is 12.2 Å². The van der Waals surface area contributed by atoms with Gasteiger partial charge in [-0.05, 0) is 36.4 Å². The molecule has 0 saturated carbocycles. The van der Waals surface area contributed by atoms with E-state index < -0.39 is 0 Å². The summed E-state index contributed by atoms with van der Waals surface area (Å²) in [7, 11) is 0. The Morgan fingerprint density at radius 1 is 1.25 bits per heavy atom. The molecule has 0 aliphatic heterocycles. The second kappa shape index (κ2) is 5.67. The van der Waals surface area contributed by atoms with Gasteiger partial charge in [0.2, 0.25) is 0 Å². The first-order chi connectivity index (χ1) is 7.47. The van der Waals surface area contributed by atoms with Crippen LogP contribution in [-0.4, -0.2) is 9.55 Å². The van der Waals surface area contributed by atoms with Crippen molar-refractivity contribution in [1.82, 2.24) is 9.55 Å². The number of H-pyrrole nitrogens is 1. The van der Waals surface area contributed by atoms with Crippen LogP contribution in [0.3, 0.4) is 0 Å². The maximum absolute atomic E-state index is 5.34. The van der Waals surface area contributed by atoms with E-state index in [-0.39, 0.29) is 0 Å². The van der Waals surface area contributed by atoms with E-state index in [2.05, 4.69) is 44.2 Å². The van der Waals surface area contributed by atoms with Gasteiger partial charge in [0.15, 0.2) is 4.77 Å². The fraction of sp³-hybridized carbons (Fsp3) is 0.769. The lowest BCUT2D eigenvalue weighted by atomic mass is 9.85. The normalized spacial score (nSPS) is 12.0. The highest BCUT2D eigenvalue weighted by Crippen LogP contribution is 2.23. The maximum Gasteiger partial charge on any atom is 0.177 e. The van der Waals surface area contributed by atoms with Crippen LogP contribution >= 0.6 is 12.2 Å². The number of aryl methyl sites for hydroxylation is 1. The molecule has 1 rings (SSSR count). The van der Waals surface area contributed by atoms with E-state index in [1.807, 2.05) is 6.20 Å². The molecule has 0 spiro atoms.